The van der Waals surface area contributed by atoms with E-state index in [1.54, 1.807) is 0 Å². The Hall–Kier alpha value is -2.69. The number of carbonyl (C=O) groups excluding carboxylic acids is 2. The second kappa shape index (κ2) is 8.33. The minimum atomic E-state index is -0.960. The lowest BCUT2D eigenvalue weighted by atomic mass is 9.75. The molecule has 1 aliphatic rings. The lowest BCUT2D eigenvalue weighted by Crippen LogP contribution is -2.42. The number of hydrogen-bond acceptors (Lipinski definition) is 2. The lowest BCUT2D eigenvalue weighted by Gasteiger charge is -2.32. The van der Waals surface area contributed by atoms with Crippen LogP contribution in [-0.2, 0) is 9.59 Å². The number of primary amides is 1. The summed E-state index contributed by atoms with van der Waals surface area (Å²) >= 11 is 0. The number of nitrogens with two attached hydrogens (primary N) is 1. The van der Waals surface area contributed by atoms with Crippen molar-refractivity contribution in [1.82, 2.24) is 5.32 Å². The van der Waals surface area contributed by atoms with Gasteiger partial charge in [0.25, 0.3) is 0 Å². The molecular weight excluding hydrogens is 343 g/mol. The van der Waals surface area contributed by atoms with Gasteiger partial charge in [0, 0.05) is 5.92 Å². The molecule has 5 heteroatoms. The maximum Gasteiger partial charge on any atom is 0.244 e. The van der Waals surface area contributed by atoms with E-state index in [2.05, 4.69) is 29.6 Å². The first-order chi connectivity index (χ1) is 13.0. The first-order valence-corrected chi connectivity index (χ1v) is 9.37. The SMILES string of the molecule is Cc1ccc([C@@H]2CCCC[C@H]2C(=O)N[C@H](C(N)=O)c2ccc(F)cc2)cc1. The Morgan fingerprint density at radius 3 is 2.30 bits per heavy atom. The monoisotopic (exact) mass is 368 g/mol. The summed E-state index contributed by atoms with van der Waals surface area (Å²) < 4.78 is 13.2. The molecular formula is C22H25FN2O2. The van der Waals surface area contributed by atoms with Crippen LogP contribution in [0, 0.1) is 18.7 Å². The first-order valence-electron chi connectivity index (χ1n) is 9.37. The molecule has 2 amide bonds. The van der Waals surface area contributed by atoms with E-state index in [1.165, 1.54) is 29.8 Å². The normalized spacial score (nSPS) is 20.7. The van der Waals surface area contributed by atoms with Crippen molar-refractivity contribution >= 4 is 11.8 Å². The van der Waals surface area contributed by atoms with Crippen LogP contribution in [0.3, 0.4) is 0 Å². The van der Waals surface area contributed by atoms with Crippen molar-refractivity contribution < 1.29 is 14.0 Å². The van der Waals surface area contributed by atoms with Crippen LogP contribution in [0.25, 0.3) is 0 Å². The predicted octanol–water partition coefficient (Wildman–Crippen LogP) is 3.75. The number of halogens is 1. The molecule has 0 aliphatic heterocycles. The molecule has 2 aromatic carbocycles. The van der Waals surface area contributed by atoms with Gasteiger partial charge >= 0.3 is 0 Å². The summed E-state index contributed by atoms with van der Waals surface area (Å²) in [7, 11) is 0. The summed E-state index contributed by atoms with van der Waals surface area (Å²) in [5.74, 6) is -1.31. The van der Waals surface area contributed by atoms with Gasteiger partial charge in [-0.25, -0.2) is 4.39 Å². The molecule has 1 fully saturated rings. The maximum atomic E-state index is 13.2. The zero-order valence-electron chi connectivity index (χ0n) is 15.5. The Bertz CT molecular complexity index is 802. The van der Waals surface area contributed by atoms with Crippen molar-refractivity contribution in [2.45, 2.75) is 44.6 Å². The van der Waals surface area contributed by atoms with E-state index in [0.717, 1.165) is 31.2 Å². The molecule has 1 aliphatic carbocycles. The summed E-state index contributed by atoms with van der Waals surface area (Å²) in [4.78, 5) is 24.9. The summed E-state index contributed by atoms with van der Waals surface area (Å²) in [6, 6.07) is 12.8. The summed E-state index contributed by atoms with van der Waals surface area (Å²) in [6.45, 7) is 2.04. The molecule has 3 N–H and O–H groups in total. The van der Waals surface area contributed by atoms with Gasteiger partial charge in [0.1, 0.15) is 11.9 Å². The van der Waals surface area contributed by atoms with Crippen LogP contribution in [-0.4, -0.2) is 11.8 Å². The van der Waals surface area contributed by atoms with Crippen LogP contribution in [0.1, 0.15) is 54.3 Å². The Labute approximate surface area is 159 Å². The molecule has 3 atom stereocenters. The molecule has 3 rings (SSSR count). The number of carbonyl (C=O) groups is 2. The minimum absolute atomic E-state index is 0.126. The predicted molar refractivity (Wildman–Crippen MR) is 102 cm³/mol. The highest BCUT2D eigenvalue weighted by molar-refractivity contribution is 5.89. The van der Waals surface area contributed by atoms with Crippen LogP contribution < -0.4 is 11.1 Å². The Balaban J connectivity index is 1.79. The second-order valence-corrected chi connectivity index (χ2v) is 7.30. The van der Waals surface area contributed by atoms with E-state index in [9.17, 15) is 14.0 Å². The van der Waals surface area contributed by atoms with Gasteiger partial charge in [0.2, 0.25) is 11.8 Å². The minimum Gasteiger partial charge on any atom is -0.368 e. The highest BCUT2D eigenvalue weighted by Gasteiger charge is 2.34. The zero-order chi connectivity index (χ0) is 19.4. The largest absolute Gasteiger partial charge is 0.368 e. The average molecular weight is 368 g/mol. The summed E-state index contributed by atoms with van der Waals surface area (Å²) in [6.07, 6.45) is 3.79. The van der Waals surface area contributed by atoms with Gasteiger partial charge in [-0.2, -0.15) is 0 Å². The fourth-order valence-corrected chi connectivity index (χ4v) is 3.88. The molecule has 142 valence electrons. The third-order valence-corrected chi connectivity index (χ3v) is 5.38. The van der Waals surface area contributed by atoms with E-state index < -0.39 is 17.8 Å². The Morgan fingerprint density at radius 2 is 1.67 bits per heavy atom. The quantitative estimate of drug-likeness (QED) is 0.844. The molecule has 27 heavy (non-hydrogen) atoms. The molecule has 4 nitrogen and oxygen atoms in total. The first kappa shape index (κ1) is 19.1. The van der Waals surface area contributed by atoms with Crippen LogP contribution in [0.2, 0.25) is 0 Å². The smallest absolute Gasteiger partial charge is 0.244 e. The molecule has 0 radical (unpaired) electrons. The van der Waals surface area contributed by atoms with Crippen LogP contribution >= 0.6 is 0 Å². The molecule has 2 aromatic rings. The van der Waals surface area contributed by atoms with Crippen molar-refractivity contribution in [3.05, 3.63) is 71.0 Å². The summed E-state index contributed by atoms with van der Waals surface area (Å²) in [5, 5.41) is 2.80. The van der Waals surface area contributed by atoms with Crippen molar-refractivity contribution in [1.29, 1.82) is 0 Å². The van der Waals surface area contributed by atoms with E-state index in [0.29, 0.717) is 5.56 Å². The number of nitrogens with one attached hydrogen (secondary N) is 1. The van der Waals surface area contributed by atoms with Gasteiger partial charge < -0.3 is 11.1 Å². The van der Waals surface area contributed by atoms with Crippen molar-refractivity contribution in [3.63, 3.8) is 0 Å². The number of aryl methyl sites for hydroxylation is 1. The standard InChI is InChI=1S/C22H25FN2O2/c1-14-6-8-15(9-7-14)18-4-2-3-5-19(18)22(27)25-20(21(24)26)16-10-12-17(23)13-11-16/h6-13,18-20H,2-5H2,1H3,(H2,24,26)(H,25,27)/t18-,19+,20-/m0/s1. The third kappa shape index (κ3) is 4.54. The van der Waals surface area contributed by atoms with E-state index >= 15 is 0 Å². The second-order valence-electron chi connectivity index (χ2n) is 7.30. The molecule has 0 aromatic heterocycles. The Morgan fingerprint density at radius 1 is 1.04 bits per heavy atom. The molecule has 1 saturated carbocycles. The van der Waals surface area contributed by atoms with Crippen LogP contribution in [0.5, 0.6) is 0 Å². The highest BCUT2D eigenvalue weighted by Crippen LogP contribution is 2.38. The number of benzene rings is 2. The van der Waals surface area contributed by atoms with Gasteiger partial charge in [-0.15, -0.1) is 0 Å². The van der Waals surface area contributed by atoms with E-state index in [4.69, 9.17) is 5.73 Å². The molecule has 0 bridgehead atoms. The Kier molecular flexibility index (Phi) is 5.89. The summed E-state index contributed by atoms with van der Waals surface area (Å²) in [5.41, 5.74) is 8.32. The molecule has 0 spiro atoms. The van der Waals surface area contributed by atoms with Gasteiger partial charge in [0.05, 0.1) is 0 Å². The number of rotatable bonds is 5. The molecule has 0 heterocycles. The van der Waals surface area contributed by atoms with Crippen molar-refractivity contribution in [2.75, 3.05) is 0 Å². The number of amides is 2. The third-order valence-electron chi connectivity index (χ3n) is 5.38. The topological polar surface area (TPSA) is 72.2 Å². The fraction of sp³-hybridized carbons (Fsp3) is 0.364. The van der Waals surface area contributed by atoms with E-state index in [-0.39, 0.29) is 17.7 Å². The fourth-order valence-electron chi connectivity index (χ4n) is 3.88. The molecule has 0 unspecified atom stereocenters. The van der Waals surface area contributed by atoms with Gasteiger partial charge in [0.15, 0.2) is 0 Å². The highest BCUT2D eigenvalue weighted by atomic mass is 19.1. The average Bonchev–Trinajstić information content (AvgIpc) is 2.67. The van der Waals surface area contributed by atoms with Crippen molar-refractivity contribution in [2.24, 2.45) is 11.7 Å². The zero-order valence-corrected chi connectivity index (χ0v) is 15.5. The van der Waals surface area contributed by atoms with Gasteiger partial charge in [-0.05, 0) is 48.9 Å². The van der Waals surface area contributed by atoms with Crippen molar-refractivity contribution in [3.8, 4) is 0 Å². The van der Waals surface area contributed by atoms with Crippen LogP contribution in [0.15, 0.2) is 48.5 Å². The molecule has 0 saturated heterocycles. The van der Waals surface area contributed by atoms with Gasteiger partial charge in [-0.3, -0.25) is 9.59 Å². The lowest BCUT2D eigenvalue weighted by molar-refractivity contribution is -0.131. The maximum absolute atomic E-state index is 13.2. The van der Waals surface area contributed by atoms with Crippen LogP contribution in [0.4, 0.5) is 4.39 Å². The van der Waals surface area contributed by atoms with Gasteiger partial charge in [-0.1, -0.05) is 54.8 Å². The van der Waals surface area contributed by atoms with E-state index in [1.807, 2.05) is 6.92 Å². The number of hydrogen-bond donors (Lipinski definition) is 2.